The molecule has 14 heavy (non-hydrogen) atoms. The third-order valence-electron chi connectivity index (χ3n) is 2.41. The summed E-state index contributed by atoms with van der Waals surface area (Å²) in [5.74, 6) is 0. The molecule has 1 aromatic carbocycles. The van der Waals surface area contributed by atoms with Crippen LogP contribution >= 0.6 is 0 Å². The lowest BCUT2D eigenvalue weighted by Gasteiger charge is -2.10. The number of allylic oxidation sites excluding steroid dienone is 4. The van der Waals surface area contributed by atoms with Crippen molar-refractivity contribution in [1.29, 1.82) is 5.41 Å². The molecule has 70 valence electrons. The molecule has 0 radical (unpaired) electrons. The smallest absolute Gasteiger partial charge is 0.0429 e. The molecular weight excluding hydrogens is 170 g/mol. The Morgan fingerprint density at radius 3 is 2.50 bits per heavy atom. The molecule has 0 saturated carbocycles. The molecule has 1 heteroatoms. The van der Waals surface area contributed by atoms with Crippen LogP contribution in [0.3, 0.4) is 0 Å². The van der Waals surface area contributed by atoms with Gasteiger partial charge >= 0.3 is 0 Å². The quantitative estimate of drug-likeness (QED) is 0.690. The third kappa shape index (κ3) is 1.67. The van der Waals surface area contributed by atoms with Crippen molar-refractivity contribution in [2.45, 2.75) is 13.3 Å². The van der Waals surface area contributed by atoms with E-state index in [-0.39, 0.29) is 0 Å². The lowest BCUT2D eigenvalue weighted by molar-refractivity contribution is 1.36. The van der Waals surface area contributed by atoms with Gasteiger partial charge in [-0.15, -0.1) is 0 Å². The van der Waals surface area contributed by atoms with Crippen LogP contribution in [0.4, 0.5) is 0 Å². The fourth-order valence-corrected chi connectivity index (χ4v) is 1.56. The highest BCUT2D eigenvalue weighted by Crippen LogP contribution is 2.20. The maximum atomic E-state index is 7.82. The standard InChI is InChI=1S/C13H13N/c1-10-6-8-11(9-7-10)12-4-2-3-5-13(12)14/h2-4,6-9,14H,5H2,1H3. The molecule has 0 amide bonds. The molecule has 0 fully saturated rings. The Hall–Kier alpha value is -1.63. The summed E-state index contributed by atoms with van der Waals surface area (Å²) in [6, 6.07) is 8.33. The van der Waals surface area contributed by atoms with Crippen molar-refractivity contribution < 1.29 is 0 Å². The van der Waals surface area contributed by atoms with E-state index >= 15 is 0 Å². The Morgan fingerprint density at radius 2 is 1.86 bits per heavy atom. The fourth-order valence-electron chi connectivity index (χ4n) is 1.56. The molecule has 0 bridgehead atoms. The van der Waals surface area contributed by atoms with E-state index in [4.69, 9.17) is 5.41 Å². The van der Waals surface area contributed by atoms with Crippen molar-refractivity contribution in [2.24, 2.45) is 0 Å². The Bertz CT molecular complexity index is 407. The Labute approximate surface area is 84.3 Å². The van der Waals surface area contributed by atoms with E-state index in [1.165, 1.54) is 5.56 Å². The average Bonchev–Trinajstić information content (AvgIpc) is 2.20. The molecule has 1 nitrogen and oxygen atoms in total. The second kappa shape index (κ2) is 3.62. The van der Waals surface area contributed by atoms with Crippen LogP contribution < -0.4 is 0 Å². The highest BCUT2D eigenvalue weighted by Gasteiger charge is 2.08. The minimum absolute atomic E-state index is 0.705. The van der Waals surface area contributed by atoms with Crippen molar-refractivity contribution in [3.63, 3.8) is 0 Å². The largest absolute Gasteiger partial charge is 0.304 e. The summed E-state index contributed by atoms with van der Waals surface area (Å²) >= 11 is 0. The first-order valence-corrected chi connectivity index (χ1v) is 4.79. The molecule has 0 heterocycles. The first kappa shape index (κ1) is 8.95. The number of nitrogens with one attached hydrogen (secondary N) is 1. The minimum Gasteiger partial charge on any atom is -0.304 e. The van der Waals surface area contributed by atoms with Crippen molar-refractivity contribution in [3.8, 4) is 0 Å². The lowest BCUT2D eigenvalue weighted by atomic mass is 9.95. The normalized spacial score (nSPS) is 15.5. The second-order valence-electron chi connectivity index (χ2n) is 3.56. The van der Waals surface area contributed by atoms with Crippen LogP contribution in [0.1, 0.15) is 17.5 Å². The van der Waals surface area contributed by atoms with Crippen molar-refractivity contribution in [2.75, 3.05) is 0 Å². The topological polar surface area (TPSA) is 23.9 Å². The van der Waals surface area contributed by atoms with Gasteiger partial charge < -0.3 is 5.41 Å². The maximum Gasteiger partial charge on any atom is 0.0429 e. The summed E-state index contributed by atoms with van der Waals surface area (Å²) in [4.78, 5) is 0. The van der Waals surface area contributed by atoms with Crippen LogP contribution in [0.2, 0.25) is 0 Å². The van der Waals surface area contributed by atoms with E-state index in [1.54, 1.807) is 0 Å². The van der Waals surface area contributed by atoms with Crippen molar-refractivity contribution in [3.05, 3.63) is 53.6 Å². The zero-order chi connectivity index (χ0) is 9.97. The van der Waals surface area contributed by atoms with E-state index < -0.39 is 0 Å². The van der Waals surface area contributed by atoms with E-state index in [0.717, 1.165) is 17.6 Å². The van der Waals surface area contributed by atoms with Gasteiger partial charge in [0.25, 0.3) is 0 Å². The number of hydrogen-bond acceptors (Lipinski definition) is 1. The molecule has 0 atom stereocenters. The highest BCUT2D eigenvalue weighted by atomic mass is 14.4. The van der Waals surface area contributed by atoms with Crippen LogP contribution in [0, 0.1) is 12.3 Å². The predicted octanol–water partition coefficient (Wildman–Crippen LogP) is 3.36. The van der Waals surface area contributed by atoms with Crippen molar-refractivity contribution in [1.82, 2.24) is 0 Å². The monoisotopic (exact) mass is 183 g/mol. The van der Waals surface area contributed by atoms with E-state index in [9.17, 15) is 0 Å². The van der Waals surface area contributed by atoms with Crippen LogP contribution in [-0.4, -0.2) is 5.71 Å². The molecule has 0 unspecified atom stereocenters. The first-order valence-electron chi connectivity index (χ1n) is 4.79. The molecule has 0 saturated heterocycles. The van der Waals surface area contributed by atoms with Gasteiger partial charge in [-0.3, -0.25) is 0 Å². The Balaban J connectivity index is 2.39. The van der Waals surface area contributed by atoms with Gasteiger partial charge in [-0.25, -0.2) is 0 Å². The maximum absolute atomic E-state index is 7.82. The second-order valence-corrected chi connectivity index (χ2v) is 3.56. The number of hydrogen-bond donors (Lipinski definition) is 1. The minimum atomic E-state index is 0.705. The first-order chi connectivity index (χ1) is 6.77. The van der Waals surface area contributed by atoms with Crippen LogP contribution in [0.15, 0.2) is 42.5 Å². The SMILES string of the molecule is Cc1ccc(C2=CC=CCC2=N)cc1. The highest BCUT2D eigenvalue weighted by molar-refractivity contribution is 6.23. The molecule has 1 aliphatic rings. The van der Waals surface area contributed by atoms with Gasteiger partial charge in [0.2, 0.25) is 0 Å². The number of aryl methyl sites for hydroxylation is 1. The van der Waals surface area contributed by atoms with Crippen LogP contribution in [-0.2, 0) is 0 Å². The molecule has 0 aromatic heterocycles. The van der Waals surface area contributed by atoms with Gasteiger partial charge in [0, 0.05) is 17.7 Å². The summed E-state index contributed by atoms with van der Waals surface area (Å²) in [5, 5.41) is 7.82. The molecule has 1 aromatic rings. The zero-order valence-electron chi connectivity index (χ0n) is 8.25. The predicted molar refractivity (Wildman–Crippen MR) is 60.6 cm³/mol. The summed E-state index contributed by atoms with van der Waals surface area (Å²) in [7, 11) is 0. The molecule has 1 aliphatic carbocycles. The number of benzene rings is 1. The average molecular weight is 183 g/mol. The number of rotatable bonds is 1. The molecule has 0 spiro atoms. The fraction of sp³-hybridized carbons (Fsp3) is 0.154. The van der Waals surface area contributed by atoms with Crippen molar-refractivity contribution >= 4 is 11.3 Å². The van der Waals surface area contributed by atoms with Gasteiger partial charge in [0.15, 0.2) is 0 Å². The van der Waals surface area contributed by atoms with Gasteiger partial charge in [-0.1, -0.05) is 48.1 Å². The van der Waals surface area contributed by atoms with Gasteiger partial charge in [0.1, 0.15) is 0 Å². The summed E-state index contributed by atoms with van der Waals surface area (Å²) < 4.78 is 0. The summed E-state index contributed by atoms with van der Waals surface area (Å²) in [6.07, 6.45) is 6.80. The van der Waals surface area contributed by atoms with Gasteiger partial charge in [0.05, 0.1) is 0 Å². The third-order valence-corrected chi connectivity index (χ3v) is 2.41. The summed E-state index contributed by atoms with van der Waals surface area (Å²) in [5.41, 5.74) is 4.15. The van der Waals surface area contributed by atoms with Crippen LogP contribution in [0.25, 0.3) is 5.57 Å². The lowest BCUT2D eigenvalue weighted by Crippen LogP contribution is -2.01. The van der Waals surface area contributed by atoms with Crippen LogP contribution in [0.5, 0.6) is 0 Å². The van der Waals surface area contributed by atoms with E-state index in [2.05, 4.69) is 31.2 Å². The van der Waals surface area contributed by atoms with Gasteiger partial charge in [-0.05, 0) is 12.5 Å². The zero-order valence-corrected chi connectivity index (χ0v) is 8.25. The molecular formula is C13H13N. The molecule has 0 aliphatic heterocycles. The van der Waals surface area contributed by atoms with E-state index in [1.807, 2.05) is 18.2 Å². The van der Waals surface area contributed by atoms with Gasteiger partial charge in [-0.2, -0.15) is 0 Å². The Morgan fingerprint density at radius 1 is 1.14 bits per heavy atom. The van der Waals surface area contributed by atoms with E-state index in [0.29, 0.717) is 5.71 Å². The molecule has 2 rings (SSSR count). The summed E-state index contributed by atoms with van der Waals surface area (Å²) in [6.45, 7) is 2.07. The molecule has 1 N–H and O–H groups in total. The Kier molecular flexibility index (Phi) is 2.32.